The Morgan fingerprint density at radius 2 is 2.25 bits per heavy atom. The lowest BCUT2D eigenvalue weighted by Crippen LogP contribution is -2.50. The maximum atomic E-state index is 12.7. The normalized spacial score (nSPS) is 23.1. The highest BCUT2D eigenvalue weighted by molar-refractivity contribution is 5.80. The summed E-state index contributed by atoms with van der Waals surface area (Å²) in [5.41, 5.74) is 1.13. The number of aromatic nitrogens is 1. The molecule has 1 aliphatic carbocycles. The van der Waals surface area contributed by atoms with Crippen molar-refractivity contribution in [1.82, 2.24) is 15.2 Å². The average Bonchev–Trinajstić information content (AvgIpc) is 2.45. The van der Waals surface area contributed by atoms with Gasteiger partial charge in [-0.05, 0) is 43.9 Å². The van der Waals surface area contributed by atoms with Crippen LogP contribution in [0.2, 0.25) is 0 Å². The monoisotopic (exact) mass is 273 g/mol. The predicted octanol–water partition coefficient (Wildman–Crippen LogP) is 1.96. The third-order valence-electron chi connectivity index (χ3n) is 4.52. The maximum absolute atomic E-state index is 12.7. The van der Waals surface area contributed by atoms with Crippen molar-refractivity contribution in [1.29, 1.82) is 0 Å². The molecule has 1 unspecified atom stereocenters. The van der Waals surface area contributed by atoms with Crippen LogP contribution in [0.15, 0.2) is 24.5 Å². The number of pyridine rings is 1. The zero-order chi connectivity index (χ0) is 13.8. The minimum atomic E-state index is 0.272. The summed E-state index contributed by atoms with van der Waals surface area (Å²) >= 11 is 0. The van der Waals surface area contributed by atoms with Crippen LogP contribution in [0.4, 0.5) is 0 Å². The molecule has 1 saturated heterocycles. The third-order valence-corrected chi connectivity index (χ3v) is 4.52. The molecule has 2 heterocycles. The van der Waals surface area contributed by atoms with Crippen molar-refractivity contribution in [3.05, 3.63) is 30.1 Å². The molecule has 1 aromatic heterocycles. The summed E-state index contributed by atoms with van der Waals surface area (Å²) in [5, 5.41) is 3.42. The van der Waals surface area contributed by atoms with Gasteiger partial charge in [0.2, 0.25) is 5.91 Å². The molecule has 0 aromatic carbocycles. The second-order valence-electron chi connectivity index (χ2n) is 5.96. The smallest absolute Gasteiger partial charge is 0.226 e. The Bertz CT molecular complexity index is 438. The molecule has 4 nitrogen and oxygen atoms in total. The van der Waals surface area contributed by atoms with Crippen LogP contribution in [0.25, 0.3) is 0 Å². The summed E-state index contributed by atoms with van der Waals surface area (Å²) in [7, 11) is 0. The van der Waals surface area contributed by atoms with Crippen molar-refractivity contribution >= 4 is 5.91 Å². The fraction of sp³-hybridized carbons (Fsp3) is 0.625. The molecule has 0 spiro atoms. The van der Waals surface area contributed by atoms with Crippen LogP contribution in [-0.2, 0) is 11.3 Å². The summed E-state index contributed by atoms with van der Waals surface area (Å²) in [6.07, 6.45) is 9.28. The molecule has 20 heavy (non-hydrogen) atoms. The highest BCUT2D eigenvalue weighted by Gasteiger charge is 2.33. The Balaban J connectivity index is 1.73. The number of nitrogens with one attached hydrogen (secondary N) is 1. The van der Waals surface area contributed by atoms with E-state index in [0.717, 1.165) is 44.3 Å². The van der Waals surface area contributed by atoms with Crippen LogP contribution in [0, 0.1) is 5.92 Å². The zero-order valence-corrected chi connectivity index (χ0v) is 11.9. The number of rotatable bonds is 4. The van der Waals surface area contributed by atoms with Gasteiger partial charge >= 0.3 is 0 Å². The van der Waals surface area contributed by atoms with E-state index in [1.54, 1.807) is 6.20 Å². The molecule has 1 saturated carbocycles. The van der Waals surface area contributed by atoms with Gasteiger partial charge in [0.05, 0.1) is 0 Å². The molecule has 2 aliphatic rings. The second kappa shape index (κ2) is 6.35. The Labute approximate surface area is 120 Å². The van der Waals surface area contributed by atoms with Gasteiger partial charge in [-0.2, -0.15) is 0 Å². The molecule has 1 atom stereocenters. The molecule has 1 N–H and O–H groups in total. The molecule has 108 valence electrons. The van der Waals surface area contributed by atoms with Crippen LogP contribution >= 0.6 is 0 Å². The van der Waals surface area contributed by atoms with Crippen LogP contribution in [0.5, 0.6) is 0 Å². The molecule has 0 bridgehead atoms. The number of amides is 1. The Morgan fingerprint density at radius 3 is 2.85 bits per heavy atom. The van der Waals surface area contributed by atoms with Gasteiger partial charge in [-0.1, -0.05) is 12.5 Å². The minimum Gasteiger partial charge on any atom is -0.334 e. The van der Waals surface area contributed by atoms with E-state index in [1.807, 2.05) is 12.3 Å². The number of nitrogens with zero attached hydrogens (tertiary/aromatic N) is 2. The number of carbonyl (C=O) groups is 1. The first-order valence-electron chi connectivity index (χ1n) is 7.74. The fourth-order valence-corrected chi connectivity index (χ4v) is 3.06. The lowest BCUT2D eigenvalue weighted by molar-refractivity contribution is -0.141. The van der Waals surface area contributed by atoms with Crippen molar-refractivity contribution in [3.63, 3.8) is 0 Å². The lowest BCUT2D eigenvalue weighted by Gasteiger charge is -2.39. The number of carbonyl (C=O) groups excluding carboxylic acids is 1. The van der Waals surface area contributed by atoms with Crippen molar-refractivity contribution in [2.24, 2.45) is 5.92 Å². The van der Waals surface area contributed by atoms with Crippen molar-refractivity contribution in [3.8, 4) is 0 Å². The summed E-state index contributed by atoms with van der Waals surface area (Å²) in [5.74, 6) is 0.627. The van der Waals surface area contributed by atoms with Gasteiger partial charge in [0.15, 0.2) is 0 Å². The van der Waals surface area contributed by atoms with Crippen molar-refractivity contribution in [2.45, 2.75) is 44.7 Å². The standard InChI is InChI=1S/C16H23N3O/c20-16(14-5-1-6-14)19(15-7-3-9-18-11-15)12-13-4-2-8-17-10-13/h2,4,8,10,14-15,18H,1,3,5-7,9,11-12H2. The van der Waals surface area contributed by atoms with Gasteiger partial charge in [0.1, 0.15) is 0 Å². The Kier molecular flexibility index (Phi) is 4.31. The zero-order valence-electron chi connectivity index (χ0n) is 11.9. The van der Waals surface area contributed by atoms with Gasteiger partial charge in [0, 0.05) is 37.4 Å². The summed E-state index contributed by atoms with van der Waals surface area (Å²) in [6.45, 7) is 2.71. The molecule has 3 rings (SSSR count). The van der Waals surface area contributed by atoms with Crippen LogP contribution in [0.3, 0.4) is 0 Å². The predicted molar refractivity (Wildman–Crippen MR) is 78.0 cm³/mol. The topological polar surface area (TPSA) is 45.2 Å². The van der Waals surface area contributed by atoms with Crippen molar-refractivity contribution in [2.75, 3.05) is 13.1 Å². The molecule has 4 heteroatoms. The van der Waals surface area contributed by atoms with Gasteiger partial charge in [-0.15, -0.1) is 0 Å². The first kappa shape index (κ1) is 13.6. The first-order valence-corrected chi connectivity index (χ1v) is 7.74. The van der Waals surface area contributed by atoms with Gasteiger partial charge in [-0.25, -0.2) is 0 Å². The van der Waals surface area contributed by atoms with Crippen LogP contribution in [-0.4, -0.2) is 34.9 Å². The Morgan fingerprint density at radius 1 is 1.35 bits per heavy atom. The molecule has 1 amide bonds. The van der Waals surface area contributed by atoms with Gasteiger partial charge < -0.3 is 10.2 Å². The first-order chi connectivity index (χ1) is 9.84. The number of hydrogen-bond donors (Lipinski definition) is 1. The largest absolute Gasteiger partial charge is 0.334 e. The van der Waals surface area contributed by atoms with Crippen LogP contribution in [0.1, 0.15) is 37.7 Å². The second-order valence-corrected chi connectivity index (χ2v) is 5.96. The van der Waals surface area contributed by atoms with E-state index in [4.69, 9.17) is 0 Å². The van der Waals surface area contributed by atoms with E-state index >= 15 is 0 Å². The van der Waals surface area contributed by atoms with E-state index < -0.39 is 0 Å². The summed E-state index contributed by atoms with van der Waals surface area (Å²) in [6, 6.07) is 4.35. The maximum Gasteiger partial charge on any atom is 0.226 e. The third kappa shape index (κ3) is 3.01. The van der Waals surface area contributed by atoms with E-state index in [1.165, 1.54) is 6.42 Å². The molecule has 2 fully saturated rings. The molecular formula is C16H23N3O. The van der Waals surface area contributed by atoms with E-state index in [2.05, 4.69) is 21.3 Å². The fourth-order valence-electron chi connectivity index (χ4n) is 3.06. The average molecular weight is 273 g/mol. The number of hydrogen-bond acceptors (Lipinski definition) is 3. The lowest BCUT2D eigenvalue weighted by atomic mass is 9.83. The SMILES string of the molecule is O=C(C1CCC1)N(Cc1cccnc1)C1CCCNC1. The molecular weight excluding hydrogens is 250 g/mol. The highest BCUT2D eigenvalue weighted by atomic mass is 16.2. The minimum absolute atomic E-state index is 0.272. The summed E-state index contributed by atoms with van der Waals surface area (Å²) < 4.78 is 0. The molecule has 0 radical (unpaired) electrons. The van der Waals surface area contributed by atoms with Crippen LogP contribution < -0.4 is 5.32 Å². The van der Waals surface area contributed by atoms with E-state index in [-0.39, 0.29) is 5.92 Å². The van der Waals surface area contributed by atoms with E-state index in [0.29, 0.717) is 18.5 Å². The number of piperidine rings is 1. The van der Waals surface area contributed by atoms with Crippen molar-refractivity contribution < 1.29 is 4.79 Å². The quantitative estimate of drug-likeness (QED) is 0.912. The van der Waals surface area contributed by atoms with Gasteiger partial charge in [0.25, 0.3) is 0 Å². The molecule has 1 aromatic rings. The molecule has 1 aliphatic heterocycles. The van der Waals surface area contributed by atoms with Gasteiger partial charge in [-0.3, -0.25) is 9.78 Å². The highest BCUT2D eigenvalue weighted by Crippen LogP contribution is 2.30. The Hall–Kier alpha value is -1.42. The summed E-state index contributed by atoms with van der Waals surface area (Å²) in [4.78, 5) is 19.0. The van der Waals surface area contributed by atoms with E-state index in [9.17, 15) is 4.79 Å².